The highest BCUT2D eigenvalue weighted by atomic mass is 16.5. The number of piperidine rings is 1. The van der Waals surface area contributed by atoms with Crippen LogP contribution in [0.5, 0.6) is 5.75 Å². The summed E-state index contributed by atoms with van der Waals surface area (Å²) in [5.74, 6) is 1.27. The molecule has 122 valence electrons. The second-order valence-corrected chi connectivity index (χ2v) is 5.73. The van der Waals surface area contributed by atoms with Gasteiger partial charge in [0, 0.05) is 31.3 Å². The number of carbonyl (C=O) groups excluding carboxylic acids is 1. The maximum Gasteiger partial charge on any atom is 0.321 e. The maximum absolute atomic E-state index is 12.4. The lowest BCUT2D eigenvalue weighted by atomic mass is 9.99. The molecule has 22 heavy (non-hydrogen) atoms. The second kappa shape index (κ2) is 8.03. The Morgan fingerprint density at radius 2 is 2.27 bits per heavy atom. The number of aryl methyl sites for hydroxylation is 1. The molecule has 1 heterocycles. The molecule has 1 saturated heterocycles. The zero-order valence-electron chi connectivity index (χ0n) is 13.7. The summed E-state index contributed by atoms with van der Waals surface area (Å²) in [6, 6.07) is 5.63. The Labute approximate surface area is 132 Å². The molecular formula is C17H26N2O3. The molecule has 0 aromatic heterocycles. The largest absolute Gasteiger partial charge is 0.496 e. The molecule has 2 amide bonds. The van der Waals surface area contributed by atoms with Crippen LogP contribution in [-0.4, -0.2) is 44.3 Å². The Hall–Kier alpha value is -1.75. The van der Waals surface area contributed by atoms with Gasteiger partial charge in [-0.2, -0.15) is 0 Å². The monoisotopic (exact) mass is 306 g/mol. The van der Waals surface area contributed by atoms with Crippen molar-refractivity contribution in [1.29, 1.82) is 0 Å². The zero-order chi connectivity index (χ0) is 15.9. The first-order chi connectivity index (χ1) is 10.6. The van der Waals surface area contributed by atoms with Gasteiger partial charge in [-0.1, -0.05) is 0 Å². The van der Waals surface area contributed by atoms with Crippen LogP contribution >= 0.6 is 0 Å². The van der Waals surface area contributed by atoms with E-state index in [2.05, 4.69) is 5.32 Å². The number of urea groups is 1. The molecule has 1 aliphatic rings. The van der Waals surface area contributed by atoms with E-state index < -0.39 is 0 Å². The Bertz CT molecular complexity index is 505. The van der Waals surface area contributed by atoms with E-state index in [0.717, 1.165) is 56.1 Å². The lowest BCUT2D eigenvalue weighted by Crippen LogP contribution is -2.43. The maximum atomic E-state index is 12.4. The van der Waals surface area contributed by atoms with Crippen molar-refractivity contribution in [2.24, 2.45) is 5.92 Å². The number of nitrogens with zero attached hydrogens (tertiary/aromatic N) is 1. The van der Waals surface area contributed by atoms with E-state index in [1.165, 1.54) is 0 Å². The first-order valence-electron chi connectivity index (χ1n) is 7.92. The number of rotatable bonds is 5. The van der Waals surface area contributed by atoms with Crippen LogP contribution in [0.25, 0.3) is 0 Å². The Kier molecular flexibility index (Phi) is 6.07. The molecule has 1 unspecified atom stereocenters. The summed E-state index contributed by atoms with van der Waals surface area (Å²) in [5.41, 5.74) is 1.81. The minimum atomic E-state index is -0.0363. The summed E-state index contributed by atoms with van der Waals surface area (Å²) < 4.78 is 10.7. The summed E-state index contributed by atoms with van der Waals surface area (Å²) in [4.78, 5) is 14.3. The molecule has 1 fully saturated rings. The lowest BCUT2D eigenvalue weighted by molar-refractivity contribution is 0.0777. The highest BCUT2D eigenvalue weighted by Crippen LogP contribution is 2.22. The molecule has 0 spiro atoms. The van der Waals surface area contributed by atoms with Crippen LogP contribution < -0.4 is 10.1 Å². The van der Waals surface area contributed by atoms with Gasteiger partial charge in [0.25, 0.3) is 0 Å². The van der Waals surface area contributed by atoms with Gasteiger partial charge in [0.15, 0.2) is 0 Å². The molecule has 0 saturated carbocycles. The number of likely N-dealkylation sites (tertiary alicyclic amines) is 1. The lowest BCUT2D eigenvalue weighted by Gasteiger charge is -2.32. The van der Waals surface area contributed by atoms with Gasteiger partial charge in [-0.05, 0) is 50.5 Å². The molecule has 0 bridgehead atoms. The molecule has 1 atom stereocenters. The van der Waals surface area contributed by atoms with Gasteiger partial charge in [0.2, 0.25) is 0 Å². The van der Waals surface area contributed by atoms with Gasteiger partial charge in [-0.3, -0.25) is 0 Å². The highest BCUT2D eigenvalue weighted by molar-refractivity contribution is 5.89. The molecular weight excluding hydrogens is 280 g/mol. The number of ether oxygens (including phenoxy) is 2. The average Bonchev–Trinajstić information content (AvgIpc) is 2.53. The van der Waals surface area contributed by atoms with Crippen LogP contribution in [0.15, 0.2) is 18.2 Å². The molecule has 2 rings (SSSR count). The van der Waals surface area contributed by atoms with E-state index in [1.54, 1.807) is 7.11 Å². The third kappa shape index (κ3) is 4.37. The van der Waals surface area contributed by atoms with Crippen molar-refractivity contribution < 1.29 is 14.3 Å². The Morgan fingerprint density at radius 1 is 1.45 bits per heavy atom. The van der Waals surface area contributed by atoms with E-state index in [1.807, 2.05) is 36.9 Å². The van der Waals surface area contributed by atoms with E-state index in [9.17, 15) is 4.79 Å². The van der Waals surface area contributed by atoms with E-state index in [4.69, 9.17) is 9.47 Å². The fraction of sp³-hybridized carbons (Fsp3) is 0.588. The summed E-state index contributed by atoms with van der Waals surface area (Å²) >= 11 is 0. The molecule has 1 aromatic carbocycles. The number of methoxy groups -OCH3 is 1. The molecule has 1 aromatic rings. The van der Waals surface area contributed by atoms with Crippen molar-refractivity contribution >= 4 is 11.7 Å². The molecule has 5 heteroatoms. The molecule has 0 radical (unpaired) electrons. The van der Waals surface area contributed by atoms with E-state index in [-0.39, 0.29) is 6.03 Å². The average molecular weight is 306 g/mol. The topological polar surface area (TPSA) is 50.8 Å². The van der Waals surface area contributed by atoms with Crippen LogP contribution in [0.3, 0.4) is 0 Å². The fourth-order valence-electron chi connectivity index (χ4n) is 2.83. The van der Waals surface area contributed by atoms with Crippen LogP contribution in [0.4, 0.5) is 10.5 Å². The van der Waals surface area contributed by atoms with E-state index in [0.29, 0.717) is 5.92 Å². The fourth-order valence-corrected chi connectivity index (χ4v) is 2.83. The van der Waals surface area contributed by atoms with Crippen molar-refractivity contribution in [3.8, 4) is 5.75 Å². The number of hydrogen-bond donors (Lipinski definition) is 1. The highest BCUT2D eigenvalue weighted by Gasteiger charge is 2.23. The number of carbonyl (C=O) groups is 1. The van der Waals surface area contributed by atoms with Crippen molar-refractivity contribution in [1.82, 2.24) is 4.90 Å². The van der Waals surface area contributed by atoms with Gasteiger partial charge in [-0.25, -0.2) is 4.79 Å². The smallest absolute Gasteiger partial charge is 0.321 e. The van der Waals surface area contributed by atoms with Gasteiger partial charge in [-0.15, -0.1) is 0 Å². The quantitative estimate of drug-likeness (QED) is 0.908. The molecule has 0 aliphatic carbocycles. The minimum absolute atomic E-state index is 0.0363. The van der Waals surface area contributed by atoms with Crippen molar-refractivity contribution in [3.63, 3.8) is 0 Å². The standard InChI is InChI=1S/C17H26N2O3/c1-4-22-12-14-6-5-9-19(11-14)17(20)18-15-7-8-16(21-3)13(2)10-15/h7-8,10,14H,4-6,9,11-12H2,1-3H3,(H,18,20). The number of nitrogens with one attached hydrogen (secondary N) is 1. The molecule has 1 N–H and O–H groups in total. The van der Waals surface area contributed by atoms with Gasteiger partial charge in [0.1, 0.15) is 5.75 Å². The summed E-state index contributed by atoms with van der Waals surface area (Å²) in [7, 11) is 1.65. The number of benzene rings is 1. The van der Waals surface area contributed by atoms with Crippen LogP contribution in [0.1, 0.15) is 25.3 Å². The Morgan fingerprint density at radius 3 is 2.95 bits per heavy atom. The summed E-state index contributed by atoms with van der Waals surface area (Å²) in [5, 5.41) is 2.97. The first kappa shape index (κ1) is 16.6. The minimum Gasteiger partial charge on any atom is -0.496 e. The molecule has 5 nitrogen and oxygen atoms in total. The Balaban J connectivity index is 1.92. The van der Waals surface area contributed by atoms with Crippen LogP contribution in [-0.2, 0) is 4.74 Å². The van der Waals surface area contributed by atoms with Crippen molar-refractivity contribution in [3.05, 3.63) is 23.8 Å². The van der Waals surface area contributed by atoms with Crippen molar-refractivity contribution in [2.75, 3.05) is 38.7 Å². The number of anilines is 1. The zero-order valence-corrected chi connectivity index (χ0v) is 13.7. The van der Waals surface area contributed by atoms with E-state index >= 15 is 0 Å². The summed E-state index contributed by atoms with van der Waals surface area (Å²) in [6.07, 6.45) is 2.16. The van der Waals surface area contributed by atoms with Crippen LogP contribution in [0.2, 0.25) is 0 Å². The van der Waals surface area contributed by atoms with Crippen molar-refractivity contribution in [2.45, 2.75) is 26.7 Å². The normalized spacial score (nSPS) is 18.1. The number of amides is 2. The molecule has 1 aliphatic heterocycles. The SMILES string of the molecule is CCOCC1CCCN(C(=O)Nc2ccc(OC)c(C)c2)C1. The van der Waals surface area contributed by atoms with Gasteiger partial charge < -0.3 is 19.7 Å². The van der Waals surface area contributed by atoms with Gasteiger partial charge >= 0.3 is 6.03 Å². The predicted octanol–water partition coefficient (Wildman–Crippen LogP) is 3.28. The van der Waals surface area contributed by atoms with Crippen LogP contribution in [0, 0.1) is 12.8 Å². The van der Waals surface area contributed by atoms with Gasteiger partial charge in [0.05, 0.1) is 13.7 Å². The predicted molar refractivity (Wildman–Crippen MR) is 87.5 cm³/mol. The first-order valence-corrected chi connectivity index (χ1v) is 7.92. The third-order valence-electron chi connectivity index (χ3n) is 4.01. The third-order valence-corrected chi connectivity index (χ3v) is 4.01. The second-order valence-electron chi connectivity index (χ2n) is 5.73. The number of hydrogen-bond acceptors (Lipinski definition) is 3. The summed E-state index contributed by atoms with van der Waals surface area (Å²) in [6.45, 7) is 7.01.